The van der Waals surface area contributed by atoms with Crippen LogP contribution in [0.1, 0.15) is 5.56 Å². The van der Waals surface area contributed by atoms with Crippen molar-refractivity contribution in [2.75, 3.05) is 19.0 Å². The lowest BCUT2D eigenvalue weighted by Gasteiger charge is -2.12. The Bertz CT molecular complexity index is 543. The number of ether oxygens (including phenoxy) is 1. The van der Waals surface area contributed by atoms with E-state index in [9.17, 15) is 4.39 Å². The van der Waals surface area contributed by atoms with Gasteiger partial charge in [-0.2, -0.15) is 0 Å². The number of nitrogen functional groups attached to an aromatic ring is 1. The van der Waals surface area contributed by atoms with E-state index in [0.717, 1.165) is 16.7 Å². The molecule has 94 valence electrons. The minimum absolute atomic E-state index is 0.0236. The minimum atomic E-state index is -0.528. The molecule has 18 heavy (non-hydrogen) atoms. The van der Waals surface area contributed by atoms with E-state index in [0.29, 0.717) is 11.4 Å². The monoisotopic (exact) mass is 246 g/mol. The molecule has 4 heteroatoms. The Hall–Kier alpha value is -2.10. The van der Waals surface area contributed by atoms with Crippen LogP contribution in [-0.2, 0) is 0 Å². The van der Waals surface area contributed by atoms with Gasteiger partial charge in [0.2, 0.25) is 0 Å². The second kappa shape index (κ2) is 5.49. The summed E-state index contributed by atoms with van der Waals surface area (Å²) in [5.41, 5.74) is 9.24. The summed E-state index contributed by atoms with van der Waals surface area (Å²) in [7, 11) is 0. The van der Waals surface area contributed by atoms with Crippen LogP contribution in [0, 0.1) is 6.92 Å². The Morgan fingerprint density at radius 2 is 2.11 bits per heavy atom. The van der Waals surface area contributed by atoms with E-state index >= 15 is 0 Å². The fraction of sp³-hybridized carbons (Fsp3) is 0.214. The third kappa shape index (κ3) is 2.59. The summed E-state index contributed by atoms with van der Waals surface area (Å²) in [6.07, 6.45) is 3.50. The van der Waals surface area contributed by atoms with E-state index in [1.165, 1.54) is 0 Å². The molecule has 0 radical (unpaired) electrons. The van der Waals surface area contributed by atoms with Crippen molar-refractivity contribution in [1.29, 1.82) is 0 Å². The van der Waals surface area contributed by atoms with Gasteiger partial charge < -0.3 is 10.5 Å². The van der Waals surface area contributed by atoms with Crippen LogP contribution in [0.3, 0.4) is 0 Å². The highest BCUT2D eigenvalue weighted by molar-refractivity contribution is 5.74. The molecule has 2 aromatic rings. The van der Waals surface area contributed by atoms with Gasteiger partial charge in [-0.3, -0.25) is 4.98 Å². The van der Waals surface area contributed by atoms with Crippen molar-refractivity contribution >= 4 is 5.69 Å². The molecule has 0 aliphatic carbocycles. The summed E-state index contributed by atoms with van der Waals surface area (Å²) < 4.78 is 17.6. The molecule has 0 bridgehead atoms. The lowest BCUT2D eigenvalue weighted by molar-refractivity contribution is 0.274. The number of hydrogen-bond acceptors (Lipinski definition) is 3. The Morgan fingerprint density at radius 3 is 2.83 bits per heavy atom. The van der Waals surface area contributed by atoms with Crippen LogP contribution in [0.15, 0.2) is 36.7 Å². The maximum Gasteiger partial charge on any atom is 0.129 e. The third-order valence-electron chi connectivity index (χ3n) is 2.67. The molecule has 0 fully saturated rings. The molecule has 0 aliphatic rings. The van der Waals surface area contributed by atoms with Crippen molar-refractivity contribution in [2.45, 2.75) is 6.92 Å². The molecule has 2 rings (SSSR count). The standard InChI is InChI=1S/C14H15FN2O/c1-10-4-6-17-9-13(10)12-3-2-11(16)8-14(12)18-7-5-15/h2-4,6,8-9H,5,7,16H2,1H3. The normalized spacial score (nSPS) is 10.3. The lowest BCUT2D eigenvalue weighted by Crippen LogP contribution is -2.01. The number of nitrogens with two attached hydrogens (primary N) is 1. The second-order valence-electron chi connectivity index (χ2n) is 3.98. The van der Waals surface area contributed by atoms with E-state index in [4.69, 9.17) is 10.5 Å². The number of aromatic nitrogens is 1. The zero-order valence-electron chi connectivity index (χ0n) is 10.2. The van der Waals surface area contributed by atoms with Crippen molar-refractivity contribution in [3.8, 4) is 16.9 Å². The van der Waals surface area contributed by atoms with Crippen LogP contribution in [0.25, 0.3) is 11.1 Å². The number of halogens is 1. The summed E-state index contributed by atoms with van der Waals surface area (Å²) in [5, 5.41) is 0. The Balaban J connectivity index is 2.46. The highest BCUT2D eigenvalue weighted by Crippen LogP contribution is 2.33. The molecule has 1 aromatic carbocycles. The molecule has 0 saturated heterocycles. The van der Waals surface area contributed by atoms with E-state index < -0.39 is 6.67 Å². The summed E-state index contributed by atoms with van der Waals surface area (Å²) in [6.45, 7) is 1.49. The quantitative estimate of drug-likeness (QED) is 0.844. The van der Waals surface area contributed by atoms with Gasteiger partial charge in [0, 0.05) is 35.3 Å². The van der Waals surface area contributed by atoms with Crippen molar-refractivity contribution in [2.24, 2.45) is 0 Å². The van der Waals surface area contributed by atoms with Gasteiger partial charge in [0.25, 0.3) is 0 Å². The number of rotatable bonds is 4. The van der Waals surface area contributed by atoms with Gasteiger partial charge in [0.1, 0.15) is 19.0 Å². The number of pyridine rings is 1. The minimum Gasteiger partial charge on any atom is -0.490 e. The van der Waals surface area contributed by atoms with Crippen molar-refractivity contribution in [3.63, 3.8) is 0 Å². The van der Waals surface area contributed by atoms with E-state index in [1.807, 2.05) is 19.1 Å². The van der Waals surface area contributed by atoms with E-state index in [1.54, 1.807) is 24.5 Å². The first-order valence-corrected chi connectivity index (χ1v) is 5.71. The highest BCUT2D eigenvalue weighted by atomic mass is 19.1. The number of nitrogens with zero attached hydrogens (tertiary/aromatic N) is 1. The van der Waals surface area contributed by atoms with Crippen LogP contribution < -0.4 is 10.5 Å². The molecule has 3 nitrogen and oxygen atoms in total. The summed E-state index contributed by atoms with van der Waals surface area (Å²) in [5.74, 6) is 0.587. The Morgan fingerprint density at radius 1 is 1.28 bits per heavy atom. The zero-order chi connectivity index (χ0) is 13.0. The fourth-order valence-electron chi connectivity index (χ4n) is 1.78. The fourth-order valence-corrected chi connectivity index (χ4v) is 1.78. The maximum absolute atomic E-state index is 12.2. The molecule has 0 aliphatic heterocycles. The second-order valence-corrected chi connectivity index (χ2v) is 3.98. The van der Waals surface area contributed by atoms with Crippen LogP contribution in [-0.4, -0.2) is 18.3 Å². The molecule has 1 heterocycles. The molecule has 0 atom stereocenters. The Labute approximate surface area is 105 Å². The van der Waals surface area contributed by atoms with Crippen LogP contribution in [0.5, 0.6) is 5.75 Å². The van der Waals surface area contributed by atoms with Gasteiger partial charge in [0.05, 0.1) is 0 Å². The molecular weight excluding hydrogens is 231 g/mol. The largest absolute Gasteiger partial charge is 0.490 e. The summed E-state index contributed by atoms with van der Waals surface area (Å²) in [4.78, 5) is 4.10. The molecular formula is C14H15FN2O. The van der Waals surface area contributed by atoms with Gasteiger partial charge in [-0.1, -0.05) is 0 Å². The molecule has 0 amide bonds. The number of aryl methyl sites for hydroxylation is 1. The van der Waals surface area contributed by atoms with Crippen molar-refractivity contribution in [1.82, 2.24) is 4.98 Å². The predicted molar refractivity (Wildman–Crippen MR) is 70.3 cm³/mol. The van der Waals surface area contributed by atoms with Gasteiger partial charge in [0.15, 0.2) is 0 Å². The topological polar surface area (TPSA) is 48.1 Å². The average molecular weight is 246 g/mol. The smallest absolute Gasteiger partial charge is 0.129 e. The zero-order valence-corrected chi connectivity index (χ0v) is 10.2. The van der Waals surface area contributed by atoms with Crippen LogP contribution in [0.4, 0.5) is 10.1 Å². The Kier molecular flexibility index (Phi) is 3.77. The van der Waals surface area contributed by atoms with Crippen LogP contribution in [0.2, 0.25) is 0 Å². The van der Waals surface area contributed by atoms with E-state index in [2.05, 4.69) is 4.98 Å². The SMILES string of the molecule is Cc1ccncc1-c1ccc(N)cc1OCCF. The lowest BCUT2D eigenvalue weighted by atomic mass is 10.0. The first-order valence-electron chi connectivity index (χ1n) is 5.71. The maximum atomic E-state index is 12.2. The first-order chi connectivity index (χ1) is 8.72. The molecule has 0 saturated carbocycles. The van der Waals surface area contributed by atoms with Gasteiger partial charge in [-0.25, -0.2) is 4.39 Å². The van der Waals surface area contributed by atoms with Crippen LogP contribution >= 0.6 is 0 Å². The van der Waals surface area contributed by atoms with Gasteiger partial charge in [-0.05, 0) is 30.7 Å². The van der Waals surface area contributed by atoms with Gasteiger partial charge in [-0.15, -0.1) is 0 Å². The van der Waals surface area contributed by atoms with Crippen molar-refractivity contribution < 1.29 is 9.13 Å². The highest BCUT2D eigenvalue weighted by Gasteiger charge is 2.09. The predicted octanol–water partition coefficient (Wildman–Crippen LogP) is 2.99. The number of anilines is 1. The number of alkyl halides is 1. The summed E-state index contributed by atoms with van der Waals surface area (Å²) >= 11 is 0. The van der Waals surface area contributed by atoms with Gasteiger partial charge >= 0.3 is 0 Å². The number of benzene rings is 1. The number of hydrogen-bond donors (Lipinski definition) is 1. The van der Waals surface area contributed by atoms with E-state index in [-0.39, 0.29) is 6.61 Å². The third-order valence-corrected chi connectivity index (χ3v) is 2.67. The first kappa shape index (κ1) is 12.4. The molecule has 2 N–H and O–H groups in total. The average Bonchev–Trinajstić information content (AvgIpc) is 2.37. The summed E-state index contributed by atoms with van der Waals surface area (Å²) in [6, 6.07) is 7.29. The molecule has 1 aromatic heterocycles. The van der Waals surface area contributed by atoms with Crippen molar-refractivity contribution in [3.05, 3.63) is 42.2 Å². The molecule has 0 spiro atoms. The molecule has 0 unspecified atom stereocenters.